The summed E-state index contributed by atoms with van der Waals surface area (Å²) in [5.41, 5.74) is 8.86. The topological polar surface area (TPSA) is 118 Å². The molecule has 0 aliphatic rings. The van der Waals surface area contributed by atoms with Crippen LogP contribution in [-0.4, -0.2) is 35.6 Å². The average Bonchev–Trinajstić information content (AvgIpc) is 3.39. The maximum atomic E-state index is 16.0. The van der Waals surface area contributed by atoms with E-state index < -0.39 is 11.9 Å². The molecule has 4 rings (SSSR count). The Hall–Kier alpha value is -4.53. The highest BCUT2D eigenvalue weighted by atomic mass is 19.1. The van der Waals surface area contributed by atoms with E-state index in [9.17, 15) is 0 Å². The first-order valence-electron chi connectivity index (χ1n) is 12.3. The largest absolute Gasteiger partial charge is 0.497 e. The summed E-state index contributed by atoms with van der Waals surface area (Å²) in [5.74, 6) is 1.28. The van der Waals surface area contributed by atoms with Crippen molar-refractivity contribution in [3.63, 3.8) is 0 Å². The zero-order valence-corrected chi connectivity index (χ0v) is 21.8. The van der Waals surface area contributed by atoms with Crippen molar-refractivity contribution in [3.05, 3.63) is 89.6 Å². The van der Waals surface area contributed by atoms with Crippen LogP contribution in [0.3, 0.4) is 0 Å². The van der Waals surface area contributed by atoms with Crippen LogP contribution in [-0.2, 0) is 0 Å². The predicted octanol–water partition coefficient (Wildman–Crippen LogP) is 5.90. The van der Waals surface area contributed by atoms with Gasteiger partial charge in [0.05, 0.1) is 31.7 Å². The van der Waals surface area contributed by atoms with Crippen molar-refractivity contribution in [1.82, 2.24) is 9.97 Å². The third-order valence-corrected chi connectivity index (χ3v) is 5.80. The maximum absolute atomic E-state index is 16.0. The summed E-state index contributed by atoms with van der Waals surface area (Å²) in [6, 6.07) is 17.1. The normalized spacial score (nSPS) is 11.7. The number of halogens is 1. The first-order valence-corrected chi connectivity index (χ1v) is 12.3. The molecule has 1 heterocycles. The molecule has 0 saturated heterocycles. The zero-order chi connectivity index (χ0) is 27.2. The van der Waals surface area contributed by atoms with Gasteiger partial charge >= 0.3 is 0 Å². The van der Waals surface area contributed by atoms with E-state index in [1.54, 1.807) is 49.7 Å². The lowest BCUT2D eigenvalue weighted by Crippen LogP contribution is -2.18. The van der Waals surface area contributed by atoms with E-state index in [1.165, 1.54) is 0 Å². The number of hydrogen-bond acceptors (Lipinski definition) is 6. The summed E-state index contributed by atoms with van der Waals surface area (Å²) >= 11 is 0. The van der Waals surface area contributed by atoms with Crippen LogP contribution in [0.1, 0.15) is 43.8 Å². The molecule has 8 nitrogen and oxygen atoms in total. The van der Waals surface area contributed by atoms with Crippen molar-refractivity contribution >= 4 is 11.5 Å². The summed E-state index contributed by atoms with van der Waals surface area (Å²) < 4.78 is 32.7. The predicted molar refractivity (Wildman–Crippen MR) is 147 cm³/mol. The minimum Gasteiger partial charge on any atom is -0.497 e. The molecule has 0 aliphatic heterocycles. The summed E-state index contributed by atoms with van der Waals surface area (Å²) in [4.78, 5) is 7.95. The fourth-order valence-corrected chi connectivity index (χ4v) is 4.00. The van der Waals surface area contributed by atoms with Crippen molar-refractivity contribution in [3.8, 4) is 28.5 Å². The molecule has 1 atom stereocenters. The van der Waals surface area contributed by atoms with Crippen molar-refractivity contribution in [2.75, 3.05) is 19.0 Å². The molecule has 9 heteroatoms. The zero-order valence-electron chi connectivity index (χ0n) is 21.8. The molecule has 1 unspecified atom stereocenters. The number of imidazole rings is 1. The number of benzene rings is 3. The van der Waals surface area contributed by atoms with E-state index in [-0.39, 0.29) is 17.7 Å². The van der Waals surface area contributed by atoms with Crippen molar-refractivity contribution < 1.29 is 18.6 Å². The van der Waals surface area contributed by atoms with Crippen molar-refractivity contribution in [2.45, 2.75) is 32.9 Å². The fraction of sp³-hybridized carbons (Fsp3) is 0.241. The fourth-order valence-electron chi connectivity index (χ4n) is 4.00. The van der Waals surface area contributed by atoms with Gasteiger partial charge < -0.3 is 30.2 Å². The van der Waals surface area contributed by atoms with Crippen LogP contribution < -0.4 is 25.3 Å². The smallest absolute Gasteiger partial charge is 0.171 e. The number of aromatic amines is 1. The molecule has 0 radical (unpaired) electrons. The van der Waals surface area contributed by atoms with Crippen molar-refractivity contribution in [2.24, 2.45) is 5.73 Å². The van der Waals surface area contributed by atoms with Crippen LogP contribution in [0.15, 0.2) is 66.9 Å². The molecule has 0 amide bonds. The molecule has 198 valence electrons. The molecule has 0 fully saturated rings. The standard InChI is InChI=1S/C29H32FN5O3/c1-5-37-22-14-23(26(30)25(15-22)38-17(2)3)27(34-20-10-6-19(7-11-20)28(31)32)29-33-16-24(35-29)18-8-12-21(36-4)13-9-18/h6-17,27,34H,5H2,1-4H3,(H3,31,32)(H,33,35). The number of nitrogens with one attached hydrogen (secondary N) is 3. The molecule has 0 saturated carbocycles. The number of aromatic nitrogens is 2. The van der Waals surface area contributed by atoms with E-state index >= 15 is 4.39 Å². The van der Waals surface area contributed by atoms with Crippen molar-refractivity contribution in [1.29, 1.82) is 5.41 Å². The monoisotopic (exact) mass is 517 g/mol. The number of anilines is 1. The number of nitrogens with zero attached hydrogens (tertiary/aromatic N) is 1. The van der Waals surface area contributed by atoms with Gasteiger partial charge in [0, 0.05) is 22.9 Å². The van der Waals surface area contributed by atoms with Gasteiger partial charge in [-0.3, -0.25) is 5.41 Å². The summed E-state index contributed by atoms with van der Waals surface area (Å²) in [6.07, 6.45) is 1.48. The van der Waals surface area contributed by atoms with E-state index in [1.807, 2.05) is 45.0 Å². The molecule has 0 aliphatic carbocycles. The number of nitrogens with two attached hydrogens (primary N) is 1. The van der Waals surface area contributed by atoms with Gasteiger partial charge in [-0.05, 0) is 80.9 Å². The summed E-state index contributed by atoms with van der Waals surface area (Å²) in [5, 5.41) is 11.0. The highest BCUT2D eigenvalue weighted by Gasteiger charge is 2.26. The van der Waals surface area contributed by atoms with Crippen LogP contribution in [0.25, 0.3) is 11.3 Å². The van der Waals surface area contributed by atoms with Crippen LogP contribution >= 0.6 is 0 Å². The van der Waals surface area contributed by atoms with Crippen LogP contribution in [0.4, 0.5) is 10.1 Å². The van der Waals surface area contributed by atoms with E-state index in [4.69, 9.17) is 25.4 Å². The van der Waals surface area contributed by atoms with Gasteiger partial charge in [0.2, 0.25) is 0 Å². The molecule has 38 heavy (non-hydrogen) atoms. The Morgan fingerprint density at radius 2 is 1.79 bits per heavy atom. The number of rotatable bonds is 11. The second-order valence-electron chi connectivity index (χ2n) is 8.90. The van der Waals surface area contributed by atoms with Gasteiger partial charge in [-0.15, -0.1) is 0 Å². The van der Waals surface area contributed by atoms with Gasteiger partial charge in [-0.25, -0.2) is 9.37 Å². The second-order valence-corrected chi connectivity index (χ2v) is 8.90. The molecular formula is C29H32FN5O3. The lowest BCUT2D eigenvalue weighted by Gasteiger charge is -2.22. The van der Waals surface area contributed by atoms with E-state index in [0.29, 0.717) is 35.0 Å². The Morgan fingerprint density at radius 3 is 2.39 bits per heavy atom. The van der Waals surface area contributed by atoms with Crippen LogP contribution in [0, 0.1) is 11.2 Å². The molecule has 5 N–H and O–H groups in total. The lowest BCUT2D eigenvalue weighted by atomic mass is 10.0. The third-order valence-electron chi connectivity index (χ3n) is 5.80. The lowest BCUT2D eigenvalue weighted by molar-refractivity contribution is 0.228. The van der Waals surface area contributed by atoms with Crippen LogP contribution in [0.2, 0.25) is 0 Å². The molecule has 0 spiro atoms. The first kappa shape index (κ1) is 26.5. The van der Waals surface area contributed by atoms with E-state index in [2.05, 4.69) is 15.3 Å². The van der Waals surface area contributed by atoms with Crippen LogP contribution in [0.5, 0.6) is 17.2 Å². The first-order chi connectivity index (χ1) is 18.3. The number of ether oxygens (including phenoxy) is 3. The van der Waals surface area contributed by atoms with Gasteiger partial charge in [-0.2, -0.15) is 0 Å². The van der Waals surface area contributed by atoms with Gasteiger partial charge in [-0.1, -0.05) is 0 Å². The molecule has 3 aromatic carbocycles. The second kappa shape index (κ2) is 11.7. The van der Waals surface area contributed by atoms with Gasteiger partial charge in [0.15, 0.2) is 11.6 Å². The molecule has 1 aromatic heterocycles. The average molecular weight is 518 g/mol. The Morgan fingerprint density at radius 1 is 1.08 bits per heavy atom. The van der Waals surface area contributed by atoms with Gasteiger partial charge in [0.1, 0.15) is 29.2 Å². The highest BCUT2D eigenvalue weighted by molar-refractivity contribution is 5.95. The highest BCUT2D eigenvalue weighted by Crippen LogP contribution is 2.36. The molecular weight excluding hydrogens is 485 g/mol. The Balaban J connectivity index is 1.80. The summed E-state index contributed by atoms with van der Waals surface area (Å²) in [7, 11) is 1.62. The number of hydrogen-bond donors (Lipinski definition) is 4. The quantitative estimate of drug-likeness (QED) is 0.145. The number of amidine groups is 1. The molecule has 4 aromatic rings. The minimum atomic E-state index is -0.722. The number of nitrogen functional groups attached to an aromatic ring is 1. The minimum absolute atomic E-state index is 0.0331. The van der Waals surface area contributed by atoms with E-state index in [0.717, 1.165) is 17.0 Å². The molecule has 0 bridgehead atoms. The Kier molecular flexibility index (Phi) is 8.15. The number of methoxy groups -OCH3 is 1. The Labute approximate surface area is 221 Å². The summed E-state index contributed by atoms with van der Waals surface area (Å²) in [6.45, 7) is 5.96. The number of H-pyrrole nitrogens is 1. The third kappa shape index (κ3) is 6.05. The Bertz CT molecular complexity index is 1380. The maximum Gasteiger partial charge on any atom is 0.171 e. The SMILES string of the molecule is CCOc1cc(OC(C)C)c(F)c(C(Nc2ccc(C(=N)N)cc2)c2ncc(-c3ccc(OC)cc3)[nH]2)c1. The van der Waals surface area contributed by atoms with Gasteiger partial charge in [0.25, 0.3) is 0 Å².